The van der Waals surface area contributed by atoms with Crippen molar-refractivity contribution in [2.75, 3.05) is 6.61 Å². The molecule has 0 aromatic rings. The summed E-state index contributed by atoms with van der Waals surface area (Å²) >= 11 is 0. The zero-order valence-electron chi connectivity index (χ0n) is 9.13. The summed E-state index contributed by atoms with van der Waals surface area (Å²) in [5.41, 5.74) is 0. The monoisotopic (exact) mass is 184 g/mol. The van der Waals surface area contributed by atoms with E-state index in [9.17, 15) is 0 Å². The quantitative estimate of drug-likeness (QED) is 0.711. The second-order valence-corrected chi connectivity index (χ2v) is 4.74. The maximum atomic E-state index is 9.02. The molecule has 0 aliphatic heterocycles. The average Bonchev–Trinajstić information content (AvgIpc) is 2.18. The molecule has 0 aromatic heterocycles. The maximum Gasteiger partial charge on any atom is 0.0456 e. The lowest BCUT2D eigenvalue weighted by atomic mass is 9.74. The zero-order valence-corrected chi connectivity index (χ0v) is 9.13. The van der Waals surface area contributed by atoms with Gasteiger partial charge in [-0.2, -0.15) is 0 Å². The van der Waals surface area contributed by atoms with Gasteiger partial charge in [0, 0.05) is 6.61 Å². The first-order valence-electron chi connectivity index (χ1n) is 5.88. The molecule has 1 heteroatoms. The Bertz CT molecular complexity index is 133. The average molecular weight is 184 g/mol. The van der Waals surface area contributed by atoms with Crippen LogP contribution in [-0.2, 0) is 0 Å². The van der Waals surface area contributed by atoms with Crippen LogP contribution in [0.4, 0.5) is 0 Å². The summed E-state index contributed by atoms with van der Waals surface area (Å²) in [6.45, 7) is 4.85. The molecule has 1 N–H and O–H groups in total. The fraction of sp³-hybridized carbons (Fsp3) is 1.00. The molecule has 3 atom stereocenters. The highest BCUT2D eigenvalue weighted by Crippen LogP contribution is 2.35. The molecular weight excluding hydrogens is 160 g/mol. The summed E-state index contributed by atoms with van der Waals surface area (Å²) in [5, 5.41) is 9.02. The Hall–Kier alpha value is -0.0400. The minimum atomic E-state index is 0.368. The molecule has 0 heterocycles. The summed E-state index contributed by atoms with van der Waals surface area (Å²) in [6.07, 6.45) is 8.27. The van der Waals surface area contributed by atoms with Crippen LogP contribution in [0.25, 0.3) is 0 Å². The lowest BCUT2D eigenvalue weighted by molar-refractivity contribution is 0.156. The largest absolute Gasteiger partial charge is 0.396 e. The lowest BCUT2D eigenvalue weighted by Crippen LogP contribution is -2.22. The van der Waals surface area contributed by atoms with Gasteiger partial charge >= 0.3 is 0 Å². The highest BCUT2D eigenvalue weighted by Gasteiger charge is 2.24. The minimum absolute atomic E-state index is 0.368. The molecule has 0 amide bonds. The lowest BCUT2D eigenvalue weighted by Gasteiger charge is -2.32. The van der Waals surface area contributed by atoms with E-state index in [-0.39, 0.29) is 0 Å². The van der Waals surface area contributed by atoms with E-state index in [0.29, 0.717) is 12.5 Å². The van der Waals surface area contributed by atoms with Gasteiger partial charge in [-0.3, -0.25) is 0 Å². The van der Waals surface area contributed by atoms with Gasteiger partial charge in [0.2, 0.25) is 0 Å². The molecule has 1 nitrogen and oxygen atoms in total. The van der Waals surface area contributed by atoms with Gasteiger partial charge in [-0.15, -0.1) is 0 Å². The molecule has 1 rings (SSSR count). The number of rotatable bonds is 4. The maximum absolute atomic E-state index is 9.02. The van der Waals surface area contributed by atoms with Gasteiger partial charge in [-0.1, -0.05) is 46.0 Å². The van der Waals surface area contributed by atoms with Crippen molar-refractivity contribution in [3.8, 4) is 0 Å². The van der Waals surface area contributed by atoms with E-state index in [4.69, 9.17) is 5.11 Å². The molecule has 0 aromatic carbocycles. The third kappa shape index (κ3) is 3.30. The Labute approximate surface area is 82.5 Å². The van der Waals surface area contributed by atoms with Crippen molar-refractivity contribution < 1.29 is 5.11 Å². The third-order valence-corrected chi connectivity index (χ3v) is 3.61. The van der Waals surface area contributed by atoms with Crippen molar-refractivity contribution in [2.24, 2.45) is 17.8 Å². The third-order valence-electron chi connectivity index (χ3n) is 3.61. The molecule has 0 spiro atoms. The van der Waals surface area contributed by atoms with Crippen LogP contribution >= 0.6 is 0 Å². The summed E-state index contributed by atoms with van der Waals surface area (Å²) < 4.78 is 0. The zero-order chi connectivity index (χ0) is 9.68. The second-order valence-electron chi connectivity index (χ2n) is 4.74. The molecule has 13 heavy (non-hydrogen) atoms. The van der Waals surface area contributed by atoms with Gasteiger partial charge in [-0.25, -0.2) is 0 Å². The Balaban J connectivity index is 2.35. The first kappa shape index (κ1) is 11.0. The van der Waals surface area contributed by atoms with Gasteiger partial charge < -0.3 is 5.11 Å². The van der Waals surface area contributed by atoms with Crippen molar-refractivity contribution in [2.45, 2.75) is 52.4 Å². The Morgan fingerprint density at radius 1 is 1.23 bits per heavy atom. The van der Waals surface area contributed by atoms with Crippen LogP contribution in [0.5, 0.6) is 0 Å². The Morgan fingerprint density at radius 2 is 1.85 bits per heavy atom. The van der Waals surface area contributed by atoms with E-state index in [1.807, 2.05) is 0 Å². The molecule has 1 aliphatic carbocycles. The SMILES string of the molecule is CCC1CCCCC1CC(C)CO. The van der Waals surface area contributed by atoms with Crippen molar-refractivity contribution in [1.82, 2.24) is 0 Å². The van der Waals surface area contributed by atoms with Crippen molar-refractivity contribution in [1.29, 1.82) is 0 Å². The molecule has 0 bridgehead atoms. The van der Waals surface area contributed by atoms with Crippen LogP contribution < -0.4 is 0 Å². The van der Waals surface area contributed by atoms with Gasteiger partial charge in [0.25, 0.3) is 0 Å². The predicted octanol–water partition coefficient (Wildman–Crippen LogP) is 3.22. The van der Waals surface area contributed by atoms with Gasteiger partial charge in [0.15, 0.2) is 0 Å². The summed E-state index contributed by atoms with van der Waals surface area (Å²) in [5.74, 6) is 2.36. The fourth-order valence-electron chi connectivity index (χ4n) is 2.72. The molecular formula is C12H24O. The van der Waals surface area contributed by atoms with Gasteiger partial charge in [-0.05, 0) is 24.2 Å². The molecule has 1 saturated carbocycles. The van der Waals surface area contributed by atoms with E-state index in [2.05, 4.69) is 13.8 Å². The van der Waals surface area contributed by atoms with E-state index in [0.717, 1.165) is 11.8 Å². The first-order chi connectivity index (χ1) is 6.27. The van der Waals surface area contributed by atoms with Crippen molar-refractivity contribution >= 4 is 0 Å². The van der Waals surface area contributed by atoms with Crippen LogP contribution in [0.2, 0.25) is 0 Å². The Kier molecular flexibility index (Phi) is 4.79. The van der Waals surface area contributed by atoms with Crippen LogP contribution in [0.3, 0.4) is 0 Å². The minimum Gasteiger partial charge on any atom is -0.396 e. The van der Waals surface area contributed by atoms with E-state index in [1.165, 1.54) is 38.5 Å². The first-order valence-corrected chi connectivity index (χ1v) is 5.88. The molecule has 78 valence electrons. The van der Waals surface area contributed by atoms with E-state index < -0.39 is 0 Å². The van der Waals surface area contributed by atoms with Crippen LogP contribution in [0, 0.1) is 17.8 Å². The van der Waals surface area contributed by atoms with E-state index >= 15 is 0 Å². The summed E-state index contributed by atoms with van der Waals surface area (Å²) in [4.78, 5) is 0. The Morgan fingerprint density at radius 3 is 2.38 bits per heavy atom. The molecule has 1 aliphatic rings. The van der Waals surface area contributed by atoms with E-state index in [1.54, 1.807) is 0 Å². The normalized spacial score (nSPS) is 31.6. The highest BCUT2D eigenvalue weighted by atomic mass is 16.3. The molecule has 0 radical (unpaired) electrons. The number of hydrogen-bond acceptors (Lipinski definition) is 1. The topological polar surface area (TPSA) is 20.2 Å². The molecule has 0 saturated heterocycles. The summed E-state index contributed by atoms with van der Waals surface area (Å²) in [6, 6.07) is 0. The summed E-state index contributed by atoms with van der Waals surface area (Å²) in [7, 11) is 0. The van der Waals surface area contributed by atoms with Crippen LogP contribution in [0.1, 0.15) is 52.4 Å². The van der Waals surface area contributed by atoms with Crippen LogP contribution in [0.15, 0.2) is 0 Å². The number of hydrogen-bond donors (Lipinski definition) is 1. The number of aliphatic hydroxyl groups excluding tert-OH is 1. The van der Waals surface area contributed by atoms with Crippen LogP contribution in [-0.4, -0.2) is 11.7 Å². The highest BCUT2D eigenvalue weighted by molar-refractivity contribution is 4.75. The van der Waals surface area contributed by atoms with Gasteiger partial charge in [0.1, 0.15) is 0 Å². The number of aliphatic hydroxyl groups is 1. The van der Waals surface area contributed by atoms with Crippen molar-refractivity contribution in [3.05, 3.63) is 0 Å². The predicted molar refractivity (Wildman–Crippen MR) is 56.6 cm³/mol. The smallest absolute Gasteiger partial charge is 0.0456 e. The van der Waals surface area contributed by atoms with Crippen molar-refractivity contribution in [3.63, 3.8) is 0 Å². The molecule has 3 unspecified atom stereocenters. The van der Waals surface area contributed by atoms with Gasteiger partial charge in [0.05, 0.1) is 0 Å². The second kappa shape index (κ2) is 5.64. The molecule has 1 fully saturated rings. The fourth-order valence-corrected chi connectivity index (χ4v) is 2.72. The standard InChI is InChI=1S/C12H24O/c1-3-11-6-4-5-7-12(11)8-10(2)9-13/h10-13H,3-9H2,1-2H3.